The minimum Gasteiger partial charge on any atom is -0.497 e. The summed E-state index contributed by atoms with van der Waals surface area (Å²) in [4.78, 5) is 23.0. The molecule has 35 heavy (non-hydrogen) atoms. The van der Waals surface area contributed by atoms with Gasteiger partial charge in [-0.1, -0.05) is 18.2 Å². The van der Waals surface area contributed by atoms with E-state index in [0.29, 0.717) is 30.3 Å². The Morgan fingerprint density at radius 2 is 1.89 bits per heavy atom. The van der Waals surface area contributed by atoms with Crippen LogP contribution in [0, 0.1) is 12.8 Å². The van der Waals surface area contributed by atoms with E-state index in [-0.39, 0.29) is 11.8 Å². The summed E-state index contributed by atoms with van der Waals surface area (Å²) in [5, 5.41) is 1.15. The number of amides is 1. The lowest BCUT2D eigenvalue weighted by Crippen LogP contribution is -2.52. The first-order chi connectivity index (χ1) is 17.0. The Kier molecular flexibility index (Phi) is 7.02. The molecule has 2 aliphatic heterocycles. The molecule has 0 N–H and O–H groups in total. The number of carbonyl (C=O) groups excluding carboxylic acids is 1. The lowest BCUT2D eigenvalue weighted by Gasteiger charge is -2.39. The van der Waals surface area contributed by atoms with Crippen LogP contribution < -0.4 is 9.64 Å². The van der Waals surface area contributed by atoms with Gasteiger partial charge in [0.25, 0.3) is 0 Å². The maximum Gasteiger partial charge on any atom is 0.227 e. The van der Waals surface area contributed by atoms with Crippen molar-refractivity contribution in [3.8, 4) is 5.75 Å². The molecule has 2 atom stereocenters. The number of methoxy groups -OCH3 is 1. The predicted octanol–water partition coefficient (Wildman–Crippen LogP) is 3.64. The fraction of sp³-hybridized carbons (Fsp3) is 0.407. The van der Waals surface area contributed by atoms with Crippen molar-refractivity contribution in [1.82, 2.24) is 14.2 Å². The molecule has 0 saturated carbocycles. The number of pyridine rings is 1. The smallest absolute Gasteiger partial charge is 0.227 e. The van der Waals surface area contributed by atoms with Gasteiger partial charge < -0.3 is 14.5 Å². The van der Waals surface area contributed by atoms with Gasteiger partial charge in [-0.05, 0) is 55.7 Å². The van der Waals surface area contributed by atoms with Gasteiger partial charge in [0.1, 0.15) is 16.7 Å². The molecule has 184 valence electrons. The average Bonchev–Trinajstić information content (AvgIpc) is 2.92. The highest BCUT2D eigenvalue weighted by Gasteiger charge is 2.33. The first-order valence-corrected chi connectivity index (χ1v) is 13.3. The van der Waals surface area contributed by atoms with Gasteiger partial charge in [-0.25, -0.2) is 8.51 Å². The number of rotatable bonds is 5. The van der Waals surface area contributed by atoms with Crippen LogP contribution in [-0.4, -0.2) is 70.7 Å². The van der Waals surface area contributed by atoms with Crippen LogP contribution in [0.2, 0.25) is 0 Å². The molecule has 3 aromatic rings. The number of hydrogen-bond acceptors (Lipinski definition) is 5. The summed E-state index contributed by atoms with van der Waals surface area (Å²) < 4.78 is 20.4. The molecule has 7 nitrogen and oxygen atoms in total. The molecular weight excluding hydrogens is 460 g/mol. The number of hydrogen-bond donors (Lipinski definition) is 0. The molecule has 2 fully saturated rings. The molecular formula is C27H32N4O3S. The number of piperidine rings is 1. The van der Waals surface area contributed by atoms with Gasteiger partial charge in [0.05, 0.1) is 23.4 Å². The van der Waals surface area contributed by atoms with E-state index in [1.54, 1.807) is 7.11 Å². The fourth-order valence-electron chi connectivity index (χ4n) is 5.10. The van der Waals surface area contributed by atoms with Crippen LogP contribution in [0.1, 0.15) is 18.4 Å². The van der Waals surface area contributed by atoms with E-state index in [4.69, 9.17) is 4.74 Å². The van der Waals surface area contributed by atoms with E-state index in [1.165, 1.54) is 11.3 Å². The van der Waals surface area contributed by atoms with Crippen LogP contribution >= 0.6 is 0 Å². The molecule has 2 aliphatic rings. The highest BCUT2D eigenvalue weighted by atomic mass is 32.2. The quantitative estimate of drug-likeness (QED) is 0.544. The van der Waals surface area contributed by atoms with Gasteiger partial charge >= 0.3 is 0 Å². The molecule has 2 aromatic carbocycles. The third-order valence-electron chi connectivity index (χ3n) is 7.02. The number of carbonyl (C=O) groups is 1. The number of aryl methyl sites for hydroxylation is 1. The van der Waals surface area contributed by atoms with Crippen molar-refractivity contribution in [3.05, 3.63) is 60.3 Å². The molecule has 3 heterocycles. The SMILES string of the molecule is COc1cccc(S(=O)N2CCCC(C(=O)N3CCN(c4ccnc5cc(C)ccc45)CC3)C2)c1. The first-order valence-electron chi connectivity index (χ1n) is 12.2. The Morgan fingerprint density at radius 1 is 1.06 bits per heavy atom. The van der Waals surface area contributed by atoms with Crippen molar-refractivity contribution < 1.29 is 13.7 Å². The minimum atomic E-state index is -1.30. The molecule has 0 aliphatic carbocycles. The summed E-state index contributed by atoms with van der Waals surface area (Å²) in [6, 6.07) is 15.8. The molecule has 2 unspecified atom stereocenters. The average molecular weight is 493 g/mol. The van der Waals surface area contributed by atoms with Crippen LogP contribution in [-0.2, 0) is 15.8 Å². The van der Waals surface area contributed by atoms with Crippen LogP contribution in [0.3, 0.4) is 0 Å². The number of nitrogens with zero attached hydrogens (tertiary/aromatic N) is 4. The van der Waals surface area contributed by atoms with Crippen LogP contribution in [0.15, 0.2) is 59.6 Å². The number of aromatic nitrogens is 1. The third-order valence-corrected chi connectivity index (χ3v) is 8.48. The Balaban J connectivity index is 1.22. The maximum absolute atomic E-state index is 13.4. The van der Waals surface area contributed by atoms with E-state index >= 15 is 0 Å². The second-order valence-electron chi connectivity index (χ2n) is 9.32. The number of piperazine rings is 1. The van der Waals surface area contributed by atoms with E-state index in [2.05, 4.69) is 41.1 Å². The van der Waals surface area contributed by atoms with Crippen LogP contribution in [0.4, 0.5) is 5.69 Å². The van der Waals surface area contributed by atoms with Gasteiger partial charge in [0.15, 0.2) is 0 Å². The molecule has 1 aromatic heterocycles. The Morgan fingerprint density at radius 3 is 2.69 bits per heavy atom. The molecule has 1 amide bonds. The van der Waals surface area contributed by atoms with Crippen molar-refractivity contribution in [2.45, 2.75) is 24.7 Å². The molecule has 2 saturated heterocycles. The van der Waals surface area contributed by atoms with Crippen molar-refractivity contribution in [2.24, 2.45) is 5.92 Å². The summed E-state index contributed by atoms with van der Waals surface area (Å²) >= 11 is 0. The Hall–Kier alpha value is -2.97. The normalized spacial score (nSPS) is 20.1. The van der Waals surface area contributed by atoms with Gasteiger partial charge in [0, 0.05) is 56.5 Å². The van der Waals surface area contributed by atoms with Crippen LogP contribution in [0.25, 0.3) is 10.9 Å². The van der Waals surface area contributed by atoms with Crippen molar-refractivity contribution >= 4 is 33.5 Å². The largest absolute Gasteiger partial charge is 0.497 e. The zero-order valence-electron chi connectivity index (χ0n) is 20.4. The highest BCUT2D eigenvalue weighted by Crippen LogP contribution is 2.28. The third kappa shape index (κ3) is 5.04. The topological polar surface area (TPSA) is 66.0 Å². The number of ether oxygens (including phenoxy) is 1. The van der Waals surface area contributed by atoms with Gasteiger partial charge in [-0.15, -0.1) is 0 Å². The first kappa shape index (κ1) is 23.8. The molecule has 0 radical (unpaired) electrons. The number of anilines is 1. The maximum atomic E-state index is 13.4. The van der Waals surface area contributed by atoms with Crippen LogP contribution in [0.5, 0.6) is 5.75 Å². The van der Waals surface area contributed by atoms with Crippen molar-refractivity contribution in [3.63, 3.8) is 0 Å². The summed E-state index contributed by atoms with van der Waals surface area (Å²) in [6.07, 6.45) is 3.58. The molecule has 0 spiro atoms. The lowest BCUT2D eigenvalue weighted by molar-refractivity contribution is -0.137. The number of fused-ring (bicyclic) bond motifs is 1. The van der Waals surface area contributed by atoms with E-state index in [0.717, 1.165) is 43.4 Å². The Bertz CT molecular complexity index is 1240. The summed E-state index contributed by atoms with van der Waals surface area (Å²) in [5.74, 6) is 0.761. The Labute approximate surface area is 209 Å². The lowest BCUT2D eigenvalue weighted by atomic mass is 9.97. The molecule has 5 rings (SSSR count). The zero-order valence-corrected chi connectivity index (χ0v) is 21.2. The van der Waals surface area contributed by atoms with Crippen molar-refractivity contribution in [2.75, 3.05) is 51.3 Å². The van der Waals surface area contributed by atoms with Crippen molar-refractivity contribution in [1.29, 1.82) is 0 Å². The standard InChI is InChI=1S/C27H32N4O3S/c1-20-8-9-24-25(17-20)28-11-10-26(24)29-13-15-30(16-14-29)27(32)21-5-4-12-31(19-21)35(33)23-7-3-6-22(18-23)34-2/h3,6-11,17-18,21H,4-5,12-16,19H2,1-2H3. The summed E-state index contributed by atoms with van der Waals surface area (Å²) in [5.41, 5.74) is 3.39. The molecule has 8 heteroatoms. The predicted molar refractivity (Wildman–Crippen MR) is 139 cm³/mol. The highest BCUT2D eigenvalue weighted by molar-refractivity contribution is 7.82. The van der Waals surface area contributed by atoms with Gasteiger partial charge in [-0.3, -0.25) is 9.78 Å². The number of benzene rings is 2. The summed E-state index contributed by atoms with van der Waals surface area (Å²) in [7, 11) is 0.305. The van der Waals surface area contributed by atoms with E-state index in [1.807, 2.05) is 39.7 Å². The molecule has 0 bridgehead atoms. The minimum absolute atomic E-state index is 0.116. The monoisotopic (exact) mass is 492 g/mol. The van der Waals surface area contributed by atoms with E-state index in [9.17, 15) is 9.00 Å². The fourth-order valence-corrected chi connectivity index (χ4v) is 6.42. The second-order valence-corrected chi connectivity index (χ2v) is 10.8. The van der Waals surface area contributed by atoms with E-state index < -0.39 is 11.0 Å². The zero-order chi connectivity index (χ0) is 24.4. The second kappa shape index (κ2) is 10.3. The summed E-state index contributed by atoms with van der Waals surface area (Å²) in [6.45, 7) is 6.33. The van der Waals surface area contributed by atoms with Gasteiger partial charge in [-0.2, -0.15) is 0 Å². The van der Waals surface area contributed by atoms with Gasteiger partial charge in [0.2, 0.25) is 5.91 Å².